The molecule has 0 unspecified atom stereocenters. The number of aromatic nitrogens is 3. The molecule has 0 aliphatic carbocycles. The minimum absolute atomic E-state index is 0.0611. The van der Waals surface area contributed by atoms with Crippen LogP contribution >= 0.6 is 11.3 Å². The maximum absolute atomic E-state index is 11.6. The van der Waals surface area contributed by atoms with Crippen molar-refractivity contribution >= 4 is 50.7 Å². The van der Waals surface area contributed by atoms with Crippen LogP contribution in [0.15, 0.2) is 30.5 Å². The summed E-state index contributed by atoms with van der Waals surface area (Å²) >= 11 is 1.47. The van der Waals surface area contributed by atoms with Gasteiger partial charge in [0.2, 0.25) is 5.95 Å². The summed E-state index contributed by atoms with van der Waals surface area (Å²) in [5, 5.41) is 1.77. The Morgan fingerprint density at radius 1 is 1.21 bits per heavy atom. The second-order valence-electron chi connectivity index (χ2n) is 5.69. The van der Waals surface area contributed by atoms with Gasteiger partial charge in [-0.2, -0.15) is 4.98 Å². The molecule has 24 heavy (non-hydrogen) atoms. The maximum Gasteiger partial charge on any atom is 0.222 e. The van der Waals surface area contributed by atoms with Crippen molar-refractivity contribution < 1.29 is 4.79 Å². The normalized spacial score (nSPS) is 11.4. The lowest BCUT2D eigenvalue weighted by molar-refractivity contribution is 0.102. The number of nitrogen functional groups attached to an aromatic ring is 2. The third-order valence-electron chi connectivity index (χ3n) is 4.08. The number of anilines is 2. The fourth-order valence-corrected chi connectivity index (χ4v) is 3.94. The van der Waals surface area contributed by atoms with E-state index in [4.69, 9.17) is 11.5 Å². The van der Waals surface area contributed by atoms with E-state index in [2.05, 4.69) is 9.97 Å². The van der Waals surface area contributed by atoms with E-state index < -0.39 is 0 Å². The van der Waals surface area contributed by atoms with E-state index in [1.54, 1.807) is 6.92 Å². The predicted octanol–water partition coefficient (Wildman–Crippen LogP) is 3.22. The Morgan fingerprint density at radius 3 is 2.71 bits per heavy atom. The van der Waals surface area contributed by atoms with E-state index in [0.29, 0.717) is 11.3 Å². The summed E-state index contributed by atoms with van der Waals surface area (Å²) in [5.41, 5.74) is 14.6. The minimum Gasteiger partial charge on any atom is -0.383 e. The first-order chi connectivity index (χ1) is 11.5. The second kappa shape index (κ2) is 5.04. The number of hydrogen-bond donors (Lipinski definition) is 2. The van der Waals surface area contributed by atoms with Gasteiger partial charge in [-0.1, -0.05) is 0 Å². The van der Waals surface area contributed by atoms with Gasteiger partial charge in [0, 0.05) is 29.1 Å². The van der Waals surface area contributed by atoms with Gasteiger partial charge in [-0.05, 0) is 31.2 Å². The van der Waals surface area contributed by atoms with Gasteiger partial charge in [0.25, 0.3) is 0 Å². The zero-order chi connectivity index (χ0) is 17.0. The molecule has 0 fully saturated rings. The number of carbonyl (C=O) groups is 1. The molecule has 0 spiro atoms. The molecule has 4 N–H and O–H groups in total. The second-order valence-corrected chi connectivity index (χ2v) is 6.78. The monoisotopic (exact) mass is 337 g/mol. The van der Waals surface area contributed by atoms with E-state index in [-0.39, 0.29) is 11.7 Å². The fourth-order valence-electron chi connectivity index (χ4n) is 3.03. The standard InChI is InChI=1S/C17H15N5OS/c1-8(23)12-3-4-13(24-12)10-7-11-14(16(18)21-17(19)20-11)9-5-6-22(2)15(9)10/h3-7H,1-2H3,(H4,18,19,20,21). The maximum atomic E-state index is 11.6. The number of fused-ring (bicyclic) bond motifs is 3. The third kappa shape index (κ3) is 2.05. The van der Waals surface area contributed by atoms with Crippen molar-refractivity contribution in [2.75, 3.05) is 11.5 Å². The highest BCUT2D eigenvalue weighted by Gasteiger charge is 2.17. The minimum atomic E-state index is 0.0611. The number of benzene rings is 1. The zero-order valence-electron chi connectivity index (χ0n) is 13.2. The summed E-state index contributed by atoms with van der Waals surface area (Å²) < 4.78 is 2.03. The number of nitrogens with zero attached hydrogens (tertiary/aromatic N) is 3. The molecule has 0 saturated heterocycles. The van der Waals surface area contributed by atoms with Gasteiger partial charge >= 0.3 is 0 Å². The molecule has 6 nitrogen and oxygen atoms in total. The van der Waals surface area contributed by atoms with Gasteiger partial charge in [-0.15, -0.1) is 11.3 Å². The smallest absolute Gasteiger partial charge is 0.222 e. The van der Waals surface area contributed by atoms with Crippen LogP contribution in [0.5, 0.6) is 0 Å². The summed E-state index contributed by atoms with van der Waals surface area (Å²) in [6.45, 7) is 1.57. The van der Waals surface area contributed by atoms with E-state index in [0.717, 1.165) is 31.6 Å². The van der Waals surface area contributed by atoms with E-state index in [1.807, 2.05) is 42.1 Å². The van der Waals surface area contributed by atoms with Gasteiger partial charge in [-0.25, -0.2) is 4.98 Å². The Kier molecular flexibility index (Phi) is 3.07. The predicted molar refractivity (Wildman–Crippen MR) is 98.2 cm³/mol. The molecule has 120 valence electrons. The number of carbonyl (C=O) groups excluding carboxylic acids is 1. The summed E-state index contributed by atoms with van der Waals surface area (Å²) in [4.78, 5) is 21.8. The first-order valence-electron chi connectivity index (χ1n) is 7.37. The number of nitrogens with two attached hydrogens (primary N) is 2. The molecule has 0 bridgehead atoms. The molecular formula is C17H15N5OS. The highest BCUT2D eigenvalue weighted by Crippen LogP contribution is 2.39. The molecule has 3 heterocycles. The SMILES string of the molecule is CC(=O)c1ccc(-c2cc3nc(N)nc(N)c3c3ccn(C)c23)s1. The lowest BCUT2D eigenvalue weighted by Gasteiger charge is -2.09. The van der Waals surface area contributed by atoms with Crippen LogP contribution < -0.4 is 11.5 Å². The number of Topliss-reactive ketones (excluding diaryl/α,β-unsaturated/α-hetero) is 1. The molecule has 0 aliphatic rings. The zero-order valence-corrected chi connectivity index (χ0v) is 14.0. The summed E-state index contributed by atoms with van der Waals surface area (Å²) in [6.07, 6.45) is 1.98. The summed E-state index contributed by atoms with van der Waals surface area (Å²) in [5.74, 6) is 0.582. The molecule has 0 saturated carbocycles. The molecule has 1 aromatic carbocycles. The average molecular weight is 337 g/mol. The molecule has 0 atom stereocenters. The lowest BCUT2D eigenvalue weighted by Crippen LogP contribution is -2.01. The van der Waals surface area contributed by atoms with Crippen molar-refractivity contribution in [1.82, 2.24) is 14.5 Å². The summed E-state index contributed by atoms with van der Waals surface area (Å²) in [7, 11) is 1.98. The highest BCUT2D eigenvalue weighted by atomic mass is 32.1. The number of thiophene rings is 1. The molecular weight excluding hydrogens is 322 g/mol. The van der Waals surface area contributed by atoms with Gasteiger partial charge in [0.15, 0.2) is 5.78 Å². The third-order valence-corrected chi connectivity index (χ3v) is 5.30. The average Bonchev–Trinajstić information content (AvgIpc) is 3.13. The van der Waals surface area contributed by atoms with Crippen LogP contribution in [0, 0.1) is 0 Å². The largest absolute Gasteiger partial charge is 0.383 e. The van der Waals surface area contributed by atoms with Crippen molar-refractivity contribution in [1.29, 1.82) is 0 Å². The Bertz CT molecular complexity index is 1130. The van der Waals surface area contributed by atoms with Crippen molar-refractivity contribution in [3.05, 3.63) is 35.3 Å². The van der Waals surface area contributed by atoms with Crippen LogP contribution in [0.4, 0.5) is 11.8 Å². The van der Waals surface area contributed by atoms with Crippen molar-refractivity contribution in [2.24, 2.45) is 7.05 Å². The van der Waals surface area contributed by atoms with Gasteiger partial charge in [0.1, 0.15) is 5.82 Å². The van der Waals surface area contributed by atoms with Gasteiger partial charge in [-0.3, -0.25) is 4.79 Å². The first-order valence-corrected chi connectivity index (χ1v) is 8.19. The number of aryl methyl sites for hydroxylation is 1. The van der Waals surface area contributed by atoms with Gasteiger partial charge < -0.3 is 16.0 Å². The first kappa shape index (κ1) is 14.6. The molecule has 3 aromatic heterocycles. The molecule has 0 amide bonds. The van der Waals surface area contributed by atoms with E-state index in [1.165, 1.54) is 11.3 Å². The highest BCUT2D eigenvalue weighted by molar-refractivity contribution is 7.17. The van der Waals surface area contributed by atoms with Gasteiger partial charge in [0.05, 0.1) is 21.3 Å². The number of rotatable bonds is 2. The number of ketones is 1. The van der Waals surface area contributed by atoms with Crippen LogP contribution in [0.25, 0.3) is 32.2 Å². The Balaban J connectivity index is 2.13. The Hall–Kier alpha value is -2.93. The quantitative estimate of drug-likeness (QED) is 0.547. The fraction of sp³-hybridized carbons (Fsp3) is 0.118. The summed E-state index contributed by atoms with van der Waals surface area (Å²) in [6, 6.07) is 7.77. The topological polar surface area (TPSA) is 99.8 Å². The molecule has 0 aliphatic heterocycles. The van der Waals surface area contributed by atoms with Crippen LogP contribution in [0.3, 0.4) is 0 Å². The van der Waals surface area contributed by atoms with Crippen LogP contribution in [-0.4, -0.2) is 20.3 Å². The molecule has 0 radical (unpaired) electrons. The van der Waals surface area contributed by atoms with E-state index in [9.17, 15) is 4.79 Å². The van der Waals surface area contributed by atoms with Crippen molar-refractivity contribution in [3.63, 3.8) is 0 Å². The van der Waals surface area contributed by atoms with Crippen molar-refractivity contribution in [2.45, 2.75) is 6.92 Å². The van der Waals surface area contributed by atoms with Crippen LogP contribution in [0.1, 0.15) is 16.6 Å². The molecule has 4 rings (SSSR count). The van der Waals surface area contributed by atoms with Crippen LogP contribution in [0.2, 0.25) is 0 Å². The Morgan fingerprint density at radius 2 is 2.00 bits per heavy atom. The van der Waals surface area contributed by atoms with Crippen LogP contribution in [-0.2, 0) is 7.05 Å². The molecule has 4 aromatic rings. The number of hydrogen-bond acceptors (Lipinski definition) is 6. The molecule has 7 heteroatoms. The van der Waals surface area contributed by atoms with E-state index >= 15 is 0 Å². The Labute approximate surface area is 141 Å². The van der Waals surface area contributed by atoms with Crippen molar-refractivity contribution in [3.8, 4) is 10.4 Å². The lowest BCUT2D eigenvalue weighted by atomic mass is 10.0.